The van der Waals surface area contributed by atoms with Crippen molar-refractivity contribution in [3.05, 3.63) is 66.0 Å². The highest BCUT2D eigenvalue weighted by molar-refractivity contribution is 7.99. The Kier molecular flexibility index (Phi) is 5.81. The van der Waals surface area contributed by atoms with Crippen LogP contribution in [0.2, 0.25) is 0 Å². The molecule has 0 radical (unpaired) electrons. The van der Waals surface area contributed by atoms with E-state index >= 15 is 0 Å². The maximum atomic E-state index is 13.0. The van der Waals surface area contributed by atoms with E-state index in [1.807, 2.05) is 18.2 Å². The fraction of sp³-hybridized carbons (Fsp3) is 0.235. The minimum absolute atomic E-state index is 0.0895. The number of hydrogen-bond donors (Lipinski definition) is 1. The van der Waals surface area contributed by atoms with Crippen LogP contribution in [0.1, 0.15) is 24.2 Å². The lowest BCUT2D eigenvalue weighted by Crippen LogP contribution is -2.12. The number of hydrogen-bond acceptors (Lipinski definition) is 2. The van der Waals surface area contributed by atoms with Gasteiger partial charge in [-0.3, -0.25) is 4.79 Å². The third-order valence-electron chi connectivity index (χ3n) is 3.07. The van der Waals surface area contributed by atoms with Crippen molar-refractivity contribution in [3.63, 3.8) is 0 Å². The highest BCUT2D eigenvalue weighted by Crippen LogP contribution is 2.28. The number of halogens is 1. The predicted molar refractivity (Wildman–Crippen MR) is 87.0 cm³/mol. The largest absolute Gasteiger partial charge is 0.326 e. The van der Waals surface area contributed by atoms with Gasteiger partial charge in [0, 0.05) is 23.1 Å². The highest BCUT2D eigenvalue weighted by atomic mass is 32.2. The summed E-state index contributed by atoms with van der Waals surface area (Å²) in [6, 6.07) is 16.1. The van der Waals surface area contributed by atoms with Gasteiger partial charge in [-0.15, -0.1) is 0 Å². The van der Waals surface area contributed by atoms with Crippen LogP contribution in [0.25, 0.3) is 0 Å². The van der Waals surface area contributed by atoms with Crippen molar-refractivity contribution < 1.29 is 9.18 Å². The van der Waals surface area contributed by atoms with Gasteiger partial charge in [-0.25, -0.2) is 4.39 Å². The second kappa shape index (κ2) is 7.84. The molecule has 2 rings (SSSR count). The molecule has 4 heteroatoms. The Morgan fingerprint density at radius 2 is 1.95 bits per heavy atom. The van der Waals surface area contributed by atoms with Crippen LogP contribution in [0.4, 0.5) is 10.1 Å². The lowest BCUT2D eigenvalue weighted by Gasteiger charge is -2.11. The van der Waals surface area contributed by atoms with Gasteiger partial charge in [0.05, 0.1) is 0 Å². The molecular formula is C17H18FNOS. The molecule has 2 aromatic rings. The van der Waals surface area contributed by atoms with E-state index in [1.165, 1.54) is 17.7 Å². The average molecular weight is 303 g/mol. The fourth-order valence-electron chi connectivity index (χ4n) is 1.94. The van der Waals surface area contributed by atoms with Crippen LogP contribution in [0.3, 0.4) is 0 Å². The van der Waals surface area contributed by atoms with Crippen molar-refractivity contribution in [1.82, 2.24) is 0 Å². The summed E-state index contributed by atoms with van der Waals surface area (Å²) in [5.41, 5.74) is 1.76. The first kappa shape index (κ1) is 15.6. The Hall–Kier alpha value is -1.81. The Bertz CT molecular complexity index is 588. The van der Waals surface area contributed by atoms with Gasteiger partial charge >= 0.3 is 0 Å². The molecule has 0 aliphatic rings. The summed E-state index contributed by atoms with van der Waals surface area (Å²) in [6.45, 7) is 2.13. The molecule has 0 aliphatic carbocycles. The molecule has 0 saturated heterocycles. The van der Waals surface area contributed by atoms with E-state index in [0.29, 0.717) is 17.4 Å². The molecule has 0 aliphatic heterocycles. The van der Waals surface area contributed by atoms with Crippen LogP contribution in [0, 0.1) is 5.82 Å². The minimum atomic E-state index is -0.347. The summed E-state index contributed by atoms with van der Waals surface area (Å²) in [7, 11) is 0. The third-order valence-corrected chi connectivity index (χ3v) is 4.29. The molecule has 0 fully saturated rings. The number of benzene rings is 2. The van der Waals surface area contributed by atoms with Crippen molar-refractivity contribution in [3.8, 4) is 0 Å². The maximum Gasteiger partial charge on any atom is 0.225 e. The molecule has 0 saturated carbocycles. The number of thioether (sulfide) groups is 1. The summed E-state index contributed by atoms with van der Waals surface area (Å²) in [6.07, 6.45) is 0.415. The quantitative estimate of drug-likeness (QED) is 0.841. The molecule has 1 amide bonds. The minimum Gasteiger partial charge on any atom is -0.326 e. The van der Waals surface area contributed by atoms with Crippen LogP contribution < -0.4 is 5.32 Å². The molecule has 1 atom stereocenters. The molecule has 0 unspecified atom stereocenters. The molecule has 0 bridgehead atoms. The molecule has 110 valence electrons. The van der Waals surface area contributed by atoms with Crippen LogP contribution in [0.5, 0.6) is 0 Å². The molecule has 1 N–H and O–H groups in total. The second-order valence-corrected chi connectivity index (χ2v) is 6.18. The third kappa shape index (κ3) is 5.23. The number of carbonyl (C=O) groups is 1. The smallest absolute Gasteiger partial charge is 0.225 e. The van der Waals surface area contributed by atoms with E-state index in [9.17, 15) is 9.18 Å². The lowest BCUT2D eigenvalue weighted by atomic mass is 10.2. The number of nitrogens with one attached hydrogen (secondary N) is 1. The van der Waals surface area contributed by atoms with Gasteiger partial charge in [0.15, 0.2) is 0 Å². The van der Waals surface area contributed by atoms with Gasteiger partial charge in [-0.05, 0) is 30.7 Å². The van der Waals surface area contributed by atoms with Gasteiger partial charge in [-0.1, -0.05) is 36.4 Å². The predicted octanol–water partition coefficient (Wildman–Crippen LogP) is 4.65. The van der Waals surface area contributed by atoms with E-state index in [-0.39, 0.29) is 11.7 Å². The zero-order valence-corrected chi connectivity index (χ0v) is 12.7. The summed E-state index contributed by atoms with van der Waals surface area (Å²) in [4.78, 5) is 11.8. The van der Waals surface area contributed by atoms with Gasteiger partial charge in [-0.2, -0.15) is 11.8 Å². The Morgan fingerprint density at radius 3 is 2.67 bits per heavy atom. The van der Waals surface area contributed by atoms with Crippen molar-refractivity contribution in [2.24, 2.45) is 0 Å². The van der Waals surface area contributed by atoms with Crippen molar-refractivity contribution in [2.75, 3.05) is 11.1 Å². The summed E-state index contributed by atoms with van der Waals surface area (Å²) in [5.74, 6) is 0.297. The molecular weight excluding hydrogens is 285 g/mol. The van der Waals surface area contributed by atoms with Crippen LogP contribution in [-0.2, 0) is 4.79 Å². The van der Waals surface area contributed by atoms with E-state index in [4.69, 9.17) is 0 Å². The zero-order valence-electron chi connectivity index (χ0n) is 11.9. The number of anilines is 1. The molecule has 0 heterocycles. The lowest BCUT2D eigenvalue weighted by molar-refractivity contribution is -0.115. The molecule has 0 spiro atoms. The summed E-state index contributed by atoms with van der Waals surface area (Å²) < 4.78 is 13.0. The molecule has 2 aromatic carbocycles. The van der Waals surface area contributed by atoms with Crippen molar-refractivity contribution in [2.45, 2.75) is 18.6 Å². The monoisotopic (exact) mass is 303 g/mol. The van der Waals surface area contributed by atoms with Gasteiger partial charge in [0.25, 0.3) is 0 Å². The summed E-state index contributed by atoms with van der Waals surface area (Å²) >= 11 is 1.74. The Labute approximate surface area is 128 Å². The number of rotatable bonds is 6. The van der Waals surface area contributed by atoms with E-state index in [2.05, 4.69) is 24.4 Å². The number of carbonyl (C=O) groups excluding carboxylic acids is 1. The first-order chi connectivity index (χ1) is 10.1. The maximum absolute atomic E-state index is 13.0. The molecule has 2 nitrogen and oxygen atoms in total. The standard InChI is InChI=1S/C17H18FNOS/c1-13(14-6-3-2-4-7-14)21-11-10-17(20)19-16-9-5-8-15(18)12-16/h2-9,12-13H,10-11H2,1H3,(H,19,20)/t13-/m1/s1. The van der Waals surface area contributed by atoms with Gasteiger partial charge < -0.3 is 5.32 Å². The Balaban J connectivity index is 1.74. The molecule has 0 aromatic heterocycles. The van der Waals surface area contributed by atoms with Gasteiger partial charge in [0.2, 0.25) is 5.91 Å². The highest BCUT2D eigenvalue weighted by Gasteiger charge is 2.08. The Morgan fingerprint density at radius 1 is 1.19 bits per heavy atom. The van der Waals surface area contributed by atoms with Crippen LogP contribution >= 0.6 is 11.8 Å². The van der Waals surface area contributed by atoms with Gasteiger partial charge in [0.1, 0.15) is 5.82 Å². The fourth-order valence-corrected chi connectivity index (χ4v) is 2.94. The normalized spacial score (nSPS) is 11.9. The van der Waals surface area contributed by atoms with E-state index in [1.54, 1.807) is 23.9 Å². The van der Waals surface area contributed by atoms with Crippen molar-refractivity contribution in [1.29, 1.82) is 0 Å². The number of amides is 1. The van der Waals surface area contributed by atoms with E-state index < -0.39 is 0 Å². The average Bonchev–Trinajstić information content (AvgIpc) is 2.48. The summed E-state index contributed by atoms with van der Waals surface area (Å²) in [5, 5.41) is 3.06. The zero-order chi connectivity index (χ0) is 15.1. The first-order valence-electron chi connectivity index (χ1n) is 6.87. The topological polar surface area (TPSA) is 29.1 Å². The van der Waals surface area contributed by atoms with E-state index in [0.717, 1.165) is 5.75 Å². The molecule has 21 heavy (non-hydrogen) atoms. The van der Waals surface area contributed by atoms with Crippen molar-refractivity contribution >= 4 is 23.4 Å². The SMILES string of the molecule is C[C@@H](SCCC(=O)Nc1cccc(F)c1)c1ccccc1. The second-order valence-electron chi connectivity index (χ2n) is 4.73. The van der Waals surface area contributed by atoms with Crippen LogP contribution in [-0.4, -0.2) is 11.7 Å². The van der Waals surface area contributed by atoms with Crippen LogP contribution in [0.15, 0.2) is 54.6 Å². The first-order valence-corrected chi connectivity index (χ1v) is 7.92.